The topological polar surface area (TPSA) is 58.2 Å². The smallest absolute Gasteiger partial charge is 0.318 e. The highest BCUT2D eigenvalue weighted by Crippen LogP contribution is 2.29. The van der Waals surface area contributed by atoms with Crippen molar-refractivity contribution in [1.82, 2.24) is 4.98 Å². The lowest BCUT2D eigenvalue weighted by atomic mass is 10.3. The summed E-state index contributed by atoms with van der Waals surface area (Å²) in [6, 6.07) is 17.4. The van der Waals surface area contributed by atoms with Crippen LogP contribution in [0.15, 0.2) is 66.2 Å². The highest BCUT2D eigenvalue weighted by atomic mass is 32.1. The first-order valence-electron chi connectivity index (χ1n) is 8.26. The second kappa shape index (κ2) is 7.01. The Morgan fingerprint density at radius 1 is 1.19 bits per heavy atom. The Morgan fingerprint density at radius 3 is 2.81 bits per heavy atom. The van der Waals surface area contributed by atoms with Gasteiger partial charge in [-0.05, 0) is 42.1 Å². The lowest BCUT2D eigenvalue weighted by molar-refractivity contribution is -0.494. The van der Waals surface area contributed by atoms with Crippen LogP contribution in [0.25, 0.3) is 16.2 Å². The number of nitrogens with zero attached hydrogens (tertiary/aromatic N) is 1. The SMILES string of the molecule is Cc1cc[n+]2c(NC(=O)COc3ccccc3)c(-c3cccs3)[nH]c2c1. The third-order valence-corrected chi connectivity index (χ3v) is 4.87. The zero-order valence-corrected chi connectivity index (χ0v) is 15.0. The Bertz CT molecular complexity index is 1040. The van der Waals surface area contributed by atoms with E-state index in [0.717, 1.165) is 21.8 Å². The normalized spacial score (nSPS) is 10.8. The minimum absolute atomic E-state index is 0.0486. The average molecular weight is 364 g/mol. The third kappa shape index (κ3) is 3.32. The number of carbonyl (C=O) groups is 1. The number of para-hydroxylation sites is 1. The van der Waals surface area contributed by atoms with E-state index in [-0.39, 0.29) is 12.5 Å². The fourth-order valence-electron chi connectivity index (χ4n) is 2.76. The first-order valence-corrected chi connectivity index (χ1v) is 9.14. The van der Waals surface area contributed by atoms with Gasteiger partial charge in [0.05, 0.1) is 11.1 Å². The van der Waals surface area contributed by atoms with Crippen molar-refractivity contribution in [2.75, 3.05) is 11.9 Å². The molecule has 2 N–H and O–H groups in total. The van der Waals surface area contributed by atoms with Crippen LogP contribution in [-0.4, -0.2) is 17.5 Å². The highest BCUT2D eigenvalue weighted by Gasteiger charge is 2.23. The van der Waals surface area contributed by atoms with E-state index in [4.69, 9.17) is 4.74 Å². The van der Waals surface area contributed by atoms with E-state index in [1.54, 1.807) is 11.3 Å². The Balaban J connectivity index is 1.62. The molecule has 0 radical (unpaired) electrons. The van der Waals surface area contributed by atoms with Crippen LogP contribution in [0.5, 0.6) is 5.75 Å². The molecular formula is C20H18N3O2S+. The van der Waals surface area contributed by atoms with E-state index in [0.29, 0.717) is 11.6 Å². The summed E-state index contributed by atoms with van der Waals surface area (Å²) in [4.78, 5) is 16.9. The number of anilines is 1. The van der Waals surface area contributed by atoms with Gasteiger partial charge in [-0.1, -0.05) is 24.3 Å². The zero-order chi connectivity index (χ0) is 17.9. The third-order valence-electron chi connectivity index (χ3n) is 3.98. The fraction of sp³-hybridized carbons (Fsp3) is 0.100. The number of thiophene rings is 1. The molecule has 4 rings (SSSR count). The average Bonchev–Trinajstić information content (AvgIpc) is 3.29. The maximum absolute atomic E-state index is 12.5. The van der Waals surface area contributed by atoms with Crippen LogP contribution < -0.4 is 14.5 Å². The maximum atomic E-state index is 12.5. The van der Waals surface area contributed by atoms with Crippen LogP contribution in [0.1, 0.15) is 5.56 Å². The van der Waals surface area contributed by atoms with Crippen molar-refractivity contribution in [3.8, 4) is 16.3 Å². The molecule has 0 aliphatic heterocycles. The molecule has 5 nitrogen and oxygen atoms in total. The van der Waals surface area contributed by atoms with Gasteiger partial charge in [0.1, 0.15) is 5.75 Å². The number of imidazole rings is 1. The number of carbonyl (C=O) groups excluding carboxylic acids is 1. The minimum Gasteiger partial charge on any atom is -0.482 e. The van der Waals surface area contributed by atoms with Crippen LogP contribution in [0.3, 0.4) is 0 Å². The molecular weight excluding hydrogens is 346 g/mol. The number of nitrogens with one attached hydrogen (secondary N) is 2. The fourth-order valence-corrected chi connectivity index (χ4v) is 3.49. The summed E-state index contributed by atoms with van der Waals surface area (Å²) >= 11 is 1.62. The number of aryl methyl sites for hydroxylation is 1. The van der Waals surface area contributed by atoms with Crippen LogP contribution in [0.2, 0.25) is 0 Å². The van der Waals surface area contributed by atoms with Gasteiger partial charge in [-0.3, -0.25) is 9.78 Å². The number of rotatable bonds is 5. The van der Waals surface area contributed by atoms with E-state index < -0.39 is 0 Å². The van der Waals surface area contributed by atoms with Gasteiger partial charge >= 0.3 is 5.91 Å². The molecule has 0 spiro atoms. The Kier molecular flexibility index (Phi) is 4.41. The lowest BCUT2D eigenvalue weighted by Gasteiger charge is -2.04. The molecule has 0 unspecified atom stereocenters. The van der Waals surface area contributed by atoms with Crippen molar-refractivity contribution in [3.05, 3.63) is 71.7 Å². The predicted octanol–water partition coefficient (Wildman–Crippen LogP) is 3.81. The van der Waals surface area contributed by atoms with E-state index in [2.05, 4.69) is 10.3 Å². The van der Waals surface area contributed by atoms with Crippen molar-refractivity contribution >= 4 is 28.7 Å². The van der Waals surface area contributed by atoms with Crippen molar-refractivity contribution in [2.45, 2.75) is 6.92 Å². The van der Waals surface area contributed by atoms with Crippen LogP contribution >= 0.6 is 11.3 Å². The van der Waals surface area contributed by atoms with E-state index >= 15 is 0 Å². The maximum Gasteiger partial charge on any atom is 0.318 e. The number of amides is 1. The second-order valence-electron chi connectivity index (χ2n) is 5.94. The molecule has 130 valence electrons. The van der Waals surface area contributed by atoms with Crippen LogP contribution in [0.4, 0.5) is 5.82 Å². The van der Waals surface area contributed by atoms with Gasteiger partial charge < -0.3 is 4.74 Å². The number of hydrogen-bond acceptors (Lipinski definition) is 3. The molecule has 0 aliphatic rings. The molecule has 0 saturated heterocycles. The van der Waals surface area contributed by atoms with Gasteiger partial charge in [-0.25, -0.2) is 9.72 Å². The summed E-state index contributed by atoms with van der Waals surface area (Å²) in [6.45, 7) is 1.99. The molecule has 0 aliphatic carbocycles. The molecule has 0 atom stereocenters. The molecule has 1 amide bonds. The Labute approximate surface area is 154 Å². The molecule has 6 heteroatoms. The molecule has 0 saturated carbocycles. The molecule has 0 fully saturated rings. The summed E-state index contributed by atoms with van der Waals surface area (Å²) in [5, 5.41) is 5.00. The number of fused-ring (bicyclic) bond motifs is 1. The largest absolute Gasteiger partial charge is 0.482 e. The van der Waals surface area contributed by atoms with Crippen molar-refractivity contribution in [1.29, 1.82) is 0 Å². The highest BCUT2D eigenvalue weighted by molar-refractivity contribution is 7.13. The molecule has 1 aromatic carbocycles. The predicted molar refractivity (Wildman–Crippen MR) is 103 cm³/mol. The lowest BCUT2D eigenvalue weighted by Crippen LogP contribution is -2.29. The van der Waals surface area contributed by atoms with E-state index in [1.807, 2.05) is 77.5 Å². The molecule has 4 aromatic rings. The Morgan fingerprint density at radius 2 is 2.04 bits per heavy atom. The molecule has 0 bridgehead atoms. The van der Waals surface area contributed by atoms with E-state index in [1.165, 1.54) is 0 Å². The summed E-state index contributed by atoms with van der Waals surface area (Å²) in [7, 11) is 0. The zero-order valence-electron chi connectivity index (χ0n) is 14.2. The molecule has 26 heavy (non-hydrogen) atoms. The monoisotopic (exact) mass is 364 g/mol. The standard InChI is InChI=1S/C20H17N3O2S/c1-14-9-10-23-17(12-14)21-19(16-8-5-11-26-16)20(23)22-18(24)13-25-15-6-3-2-4-7-15/h2-12H,13H2,1H3,(H,22,24)/p+1. The van der Waals surface area contributed by atoms with Gasteiger partial charge in [-0.15, -0.1) is 11.3 Å². The number of hydrogen-bond donors (Lipinski definition) is 2. The van der Waals surface area contributed by atoms with Gasteiger partial charge in [0.25, 0.3) is 5.82 Å². The number of pyridine rings is 1. The first-order chi connectivity index (χ1) is 12.7. The molecule has 3 heterocycles. The van der Waals surface area contributed by atoms with Crippen LogP contribution in [0, 0.1) is 6.92 Å². The summed E-state index contributed by atoms with van der Waals surface area (Å²) < 4.78 is 7.50. The number of aromatic nitrogens is 2. The second-order valence-corrected chi connectivity index (χ2v) is 6.88. The molecule has 3 aromatic heterocycles. The van der Waals surface area contributed by atoms with E-state index in [9.17, 15) is 4.79 Å². The van der Waals surface area contributed by atoms with Gasteiger partial charge in [0.15, 0.2) is 12.3 Å². The Hall–Kier alpha value is -3.12. The van der Waals surface area contributed by atoms with Crippen LogP contribution in [-0.2, 0) is 4.79 Å². The minimum atomic E-state index is -0.208. The summed E-state index contributed by atoms with van der Waals surface area (Å²) in [5.74, 6) is 1.17. The van der Waals surface area contributed by atoms with Gasteiger partial charge in [0, 0.05) is 6.07 Å². The van der Waals surface area contributed by atoms with Crippen molar-refractivity contribution in [2.24, 2.45) is 0 Å². The first kappa shape index (κ1) is 16.4. The summed E-state index contributed by atoms with van der Waals surface area (Å²) in [5.41, 5.74) is 2.96. The number of benzene rings is 1. The van der Waals surface area contributed by atoms with Crippen molar-refractivity contribution < 1.29 is 13.9 Å². The van der Waals surface area contributed by atoms with Gasteiger partial charge in [-0.2, -0.15) is 0 Å². The summed E-state index contributed by atoms with van der Waals surface area (Å²) in [6.07, 6.45) is 1.95. The number of ether oxygens (including phenoxy) is 1. The van der Waals surface area contributed by atoms with Crippen molar-refractivity contribution in [3.63, 3.8) is 0 Å². The van der Waals surface area contributed by atoms with Gasteiger partial charge in [0.2, 0.25) is 5.65 Å². The quantitative estimate of drug-likeness (QED) is 0.529. The number of H-pyrrole nitrogens is 1. The number of aromatic amines is 1.